The number of aryl methyl sites for hydroxylation is 1. The normalized spacial score (nSPS) is 10.3. The van der Waals surface area contributed by atoms with Crippen LogP contribution in [0.5, 0.6) is 0 Å². The maximum atomic E-state index is 11.3. The number of hydrogen-bond donors (Lipinski definition) is 1. The molecule has 1 aromatic carbocycles. The third kappa shape index (κ3) is 3.29. The number of esters is 1. The van der Waals surface area contributed by atoms with Crippen LogP contribution >= 0.6 is 11.6 Å². The lowest BCUT2D eigenvalue weighted by molar-refractivity contribution is 0.0600. The third-order valence-electron chi connectivity index (χ3n) is 2.73. The number of carbonyl (C=O) groups excluding carboxylic acids is 1. The molecule has 2 rings (SSSR count). The SMILES string of the molecule is COC(=O)c1coc(CNc2cc(Cl)ccc2C)c1. The first-order valence-electron chi connectivity index (χ1n) is 5.76. The van der Waals surface area contributed by atoms with Crippen molar-refractivity contribution in [2.45, 2.75) is 13.5 Å². The molecule has 0 radical (unpaired) electrons. The van der Waals surface area contributed by atoms with Gasteiger partial charge in [-0.2, -0.15) is 0 Å². The molecule has 2 aromatic rings. The zero-order valence-corrected chi connectivity index (χ0v) is 11.5. The van der Waals surface area contributed by atoms with Crippen LogP contribution in [-0.4, -0.2) is 13.1 Å². The van der Waals surface area contributed by atoms with Crippen molar-refractivity contribution in [2.24, 2.45) is 0 Å². The predicted octanol–water partition coefficient (Wildman–Crippen LogP) is 3.64. The summed E-state index contributed by atoms with van der Waals surface area (Å²) in [6.07, 6.45) is 1.38. The molecule has 1 aromatic heterocycles. The Hall–Kier alpha value is -1.94. The average molecular weight is 280 g/mol. The Labute approximate surface area is 116 Å². The van der Waals surface area contributed by atoms with Crippen LogP contribution < -0.4 is 5.32 Å². The molecule has 0 amide bonds. The fourth-order valence-corrected chi connectivity index (χ4v) is 1.84. The molecule has 0 atom stereocenters. The van der Waals surface area contributed by atoms with Gasteiger partial charge in [0, 0.05) is 10.7 Å². The molecule has 5 heteroatoms. The molecule has 0 aliphatic heterocycles. The van der Waals surface area contributed by atoms with Crippen molar-refractivity contribution < 1.29 is 13.9 Å². The number of hydrogen-bond acceptors (Lipinski definition) is 4. The number of furan rings is 1. The summed E-state index contributed by atoms with van der Waals surface area (Å²) in [5.74, 6) is 0.244. The average Bonchev–Trinajstić information content (AvgIpc) is 2.88. The second-order valence-corrected chi connectivity index (χ2v) is 4.54. The number of anilines is 1. The van der Waals surface area contributed by atoms with E-state index < -0.39 is 5.97 Å². The molecular weight excluding hydrogens is 266 g/mol. The fourth-order valence-electron chi connectivity index (χ4n) is 1.67. The first kappa shape index (κ1) is 13.5. The van der Waals surface area contributed by atoms with E-state index in [1.54, 1.807) is 6.07 Å². The fraction of sp³-hybridized carbons (Fsp3) is 0.214. The highest BCUT2D eigenvalue weighted by Gasteiger charge is 2.10. The monoisotopic (exact) mass is 279 g/mol. The van der Waals surface area contributed by atoms with Gasteiger partial charge in [0.15, 0.2) is 0 Å². The van der Waals surface area contributed by atoms with Crippen LogP contribution in [0.3, 0.4) is 0 Å². The van der Waals surface area contributed by atoms with E-state index in [2.05, 4.69) is 10.1 Å². The molecule has 0 saturated heterocycles. The Morgan fingerprint density at radius 3 is 2.95 bits per heavy atom. The molecular formula is C14H14ClNO3. The Morgan fingerprint density at radius 1 is 1.42 bits per heavy atom. The van der Waals surface area contributed by atoms with Crippen LogP contribution in [0.1, 0.15) is 21.7 Å². The Morgan fingerprint density at radius 2 is 2.21 bits per heavy atom. The highest BCUT2D eigenvalue weighted by Crippen LogP contribution is 2.21. The summed E-state index contributed by atoms with van der Waals surface area (Å²) in [5, 5.41) is 3.88. The lowest BCUT2D eigenvalue weighted by Crippen LogP contribution is -2.01. The molecule has 19 heavy (non-hydrogen) atoms. The second kappa shape index (κ2) is 5.80. The van der Waals surface area contributed by atoms with Crippen LogP contribution in [0.2, 0.25) is 5.02 Å². The number of halogens is 1. The van der Waals surface area contributed by atoms with Crippen molar-refractivity contribution >= 4 is 23.3 Å². The minimum absolute atomic E-state index is 0.405. The maximum Gasteiger partial charge on any atom is 0.341 e. The van der Waals surface area contributed by atoms with Crippen LogP contribution in [0.15, 0.2) is 34.9 Å². The predicted molar refractivity (Wildman–Crippen MR) is 73.6 cm³/mol. The molecule has 100 valence electrons. The number of methoxy groups -OCH3 is 1. The van der Waals surface area contributed by atoms with E-state index in [1.807, 2.05) is 25.1 Å². The highest BCUT2D eigenvalue weighted by atomic mass is 35.5. The number of nitrogens with one attached hydrogen (secondary N) is 1. The molecule has 0 spiro atoms. The Bertz CT molecular complexity index is 592. The maximum absolute atomic E-state index is 11.3. The lowest BCUT2D eigenvalue weighted by atomic mass is 10.2. The number of ether oxygens (including phenoxy) is 1. The zero-order valence-electron chi connectivity index (χ0n) is 10.7. The topological polar surface area (TPSA) is 51.5 Å². The number of benzene rings is 1. The molecule has 0 aliphatic rings. The van der Waals surface area contributed by atoms with E-state index in [9.17, 15) is 4.79 Å². The van der Waals surface area contributed by atoms with Gasteiger partial charge in [0.2, 0.25) is 0 Å². The van der Waals surface area contributed by atoms with Gasteiger partial charge in [-0.05, 0) is 30.7 Å². The molecule has 0 aliphatic carbocycles. The van der Waals surface area contributed by atoms with Gasteiger partial charge < -0.3 is 14.5 Å². The van der Waals surface area contributed by atoms with Gasteiger partial charge in [-0.1, -0.05) is 17.7 Å². The van der Waals surface area contributed by atoms with E-state index in [-0.39, 0.29) is 0 Å². The molecule has 0 bridgehead atoms. The van der Waals surface area contributed by atoms with Crippen molar-refractivity contribution in [1.29, 1.82) is 0 Å². The van der Waals surface area contributed by atoms with Crippen molar-refractivity contribution in [3.63, 3.8) is 0 Å². The number of rotatable bonds is 4. The summed E-state index contributed by atoms with van der Waals surface area (Å²) in [6, 6.07) is 7.27. The van der Waals surface area contributed by atoms with Gasteiger partial charge in [0.25, 0.3) is 0 Å². The summed E-state index contributed by atoms with van der Waals surface area (Å²) in [5.41, 5.74) is 2.43. The van der Waals surface area contributed by atoms with Crippen molar-refractivity contribution in [2.75, 3.05) is 12.4 Å². The van der Waals surface area contributed by atoms with Gasteiger partial charge in [0.05, 0.1) is 19.2 Å². The number of carbonyl (C=O) groups is 1. The van der Waals surface area contributed by atoms with Crippen LogP contribution in [0.4, 0.5) is 5.69 Å². The summed E-state index contributed by atoms with van der Waals surface area (Å²) >= 11 is 5.94. The smallest absolute Gasteiger partial charge is 0.341 e. The van der Waals surface area contributed by atoms with Crippen molar-refractivity contribution in [1.82, 2.24) is 0 Å². The molecule has 0 fully saturated rings. The van der Waals surface area contributed by atoms with Crippen LogP contribution in [0.25, 0.3) is 0 Å². The summed E-state index contributed by atoms with van der Waals surface area (Å²) in [6.45, 7) is 2.46. The quantitative estimate of drug-likeness (QED) is 0.868. The molecule has 0 saturated carbocycles. The highest BCUT2D eigenvalue weighted by molar-refractivity contribution is 6.30. The van der Waals surface area contributed by atoms with Gasteiger partial charge in [-0.3, -0.25) is 0 Å². The summed E-state index contributed by atoms with van der Waals surface area (Å²) in [7, 11) is 1.34. The van der Waals surface area contributed by atoms with Crippen molar-refractivity contribution in [3.8, 4) is 0 Å². The second-order valence-electron chi connectivity index (χ2n) is 4.11. The van der Waals surface area contributed by atoms with Gasteiger partial charge >= 0.3 is 5.97 Å². The molecule has 1 heterocycles. The van der Waals surface area contributed by atoms with Gasteiger partial charge in [0.1, 0.15) is 12.0 Å². The minimum atomic E-state index is -0.408. The van der Waals surface area contributed by atoms with E-state index in [4.69, 9.17) is 16.0 Å². The van der Waals surface area contributed by atoms with Gasteiger partial charge in [-0.15, -0.1) is 0 Å². The molecule has 4 nitrogen and oxygen atoms in total. The lowest BCUT2D eigenvalue weighted by Gasteiger charge is -2.08. The van der Waals surface area contributed by atoms with E-state index >= 15 is 0 Å². The van der Waals surface area contributed by atoms with Crippen LogP contribution in [0, 0.1) is 6.92 Å². The Balaban J connectivity index is 2.04. The molecule has 0 unspecified atom stereocenters. The zero-order chi connectivity index (χ0) is 13.8. The summed E-state index contributed by atoms with van der Waals surface area (Å²) < 4.78 is 9.89. The van der Waals surface area contributed by atoms with Gasteiger partial charge in [-0.25, -0.2) is 4.79 Å². The third-order valence-corrected chi connectivity index (χ3v) is 2.96. The summed E-state index contributed by atoms with van der Waals surface area (Å²) in [4.78, 5) is 11.3. The van der Waals surface area contributed by atoms with E-state index in [0.717, 1.165) is 11.3 Å². The first-order valence-corrected chi connectivity index (χ1v) is 6.13. The van der Waals surface area contributed by atoms with Crippen molar-refractivity contribution in [3.05, 3.63) is 52.4 Å². The first-order chi connectivity index (χ1) is 9.10. The largest absolute Gasteiger partial charge is 0.467 e. The van der Waals surface area contributed by atoms with Crippen LogP contribution in [-0.2, 0) is 11.3 Å². The van der Waals surface area contributed by atoms with E-state index in [0.29, 0.717) is 22.9 Å². The van der Waals surface area contributed by atoms with E-state index in [1.165, 1.54) is 13.4 Å². The molecule has 1 N–H and O–H groups in total. The Kier molecular flexibility index (Phi) is 4.12. The standard InChI is InChI=1S/C14H14ClNO3/c1-9-3-4-11(15)6-13(9)16-7-12-5-10(8-19-12)14(17)18-2/h3-6,8,16H,7H2,1-2H3. The minimum Gasteiger partial charge on any atom is -0.467 e.